The largest absolute Gasteiger partial charge is 0.472 e. The van der Waals surface area contributed by atoms with Crippen molar-refractivity contribution in [1.29, 1.82) is 0 Å². The van der Waals surface area contributed by atoms with E-state index in [1.807, 2.05) is 32.2 Å². The van der Waals surface area contributed by atoms with Gasteiger partial charge in [-0.25, -0.2) is 4.79 Å². The van der Waals surface area contributed by atoms with Crippen molar-refractivity contribution in [2.75, 3.05) is 27.2 Å². The van der Waals surface area contributed by atoms with E-state index in [-0.39, 0.29) is 18.1 Å². The number of urea groups is 1. The lowest BCUT2D eigenvalue weighted by Crippen LogP contribution is -2.48. The Morgan fingerprint density at radius 1 is 1.26 bits per heavy atom. The number of halogens is 2. The van der Waals surface area contributed by atoms with Crippen LogP contribution >= 0.6 is 23.2 Å². The van der Waals surface area contributed by atoms with Crippen molar-refractivity contribution >= 4 is 29.2 Å². The van der Waals surface area contributed by atoms with Crippen LogP contribution in [0.4, 0.5) is 4.79 Å². The van der Waals surface area contributed by atoms with Gasteiger partial charge in [0, 0.05) is 24.2 Å². The first-order valence-electron chi connectivity index (χ1n) is 9.10. The van der Waals surface area contributed by atoms with Gasteiger partial charge < -0.3 is 19.5 Å². The van der Waals surface area contributed by atoms with Gasteiger partial charge in [0.15, 0.2) is 0 Å². The van der Waals surface area contributed by atoms with E-state index in [1.54, 1.807) is 17.4 Å². The molecule has 3 rings (SSSR count). The van der Waals surface area contributed by atoms with Crippen LogP contribution in [0.3, 0.4) is 0 Å². The molecule has 1 unspecified atom stereocenters. The predicted molar refractivity (Wildman–Crippen MR) is 109 cm³/mol. The van der Waals surface area contributed by atoms with Crippen LogP contribution < -0.4 is 5.32 Å². The average molecular weight is 410 g/mol. The molecule has 1 saturated heterocycles. The summed E-state index contributed by atoms with van der Waals surface area (Å²) in [6, 6.07) is 5.54. The van der Waals surface area contributed by atoms with E-state index < -0.39 is 0 Å². The van der Waals surface area contributed by atoms with E-state index >= 15 is 0 Å². The molecule has 2 aromatic rings. The molecule has 1 aliphatic rings. The van der Waals surface area contributed by atoms with Gasteiger partial charge in [0.05, 0.1) is 28.6 Å². The number of benzene rings is 1. The molecule has 1 fully saturated rings. The average Bonchev–Trinajstić information content (AvgIpc) is 3.18. The lowest BCUT2D eigenvalue weighted by molar-refractivity contribution is 0.146. The van der Waals surface area contributed by atoms with E-state index in [0.717, 1.165) is 42.6 Å². The van der Waals surface area contributed by atoms with Gasteiger partial charge in [-0.2, -0.15) is 0 Å². The lowest BCUT2D eigenvalue weighted by Gasteiger charge is -2.35. The third-order valence-electron chi connectivity index (χ3n) is 5.31. The molecule has 1 atom stereocenters. The van der Waals surface area contributed by atoms with Gasteiger partial charge in [-0.1, -0.05) is 35.3 Å². The fraction of sp³-hybridized carbons (Fsp3) is 0.450. The zero-order chi connectivity index (χ0) is 19.6. The molecule has 1 aromatic carbocycles. The molecule has 1 aromatic heterocycles. The van der Waals surface area contributed by atoms with Crippen molar-refractivity contribution in [3.05, 3.63) is 46.3 Å². The van der Waals surface area contributed by atoms with Crippen LogP contribution in [0.25, 0.3) is 11.1 Å². The molecule has 7 heteroatoms. The number of piperidine rings is 1. The molecule has 27 heavy (non-hydrogen) atoms. The van der Waals surface area contributed by atoms with Gasteiger partial charge in [-0.15, -0.1) is 0 Å². The second-order valence-corrected chi connectivity index (χ2v) is 7.91. The summed E-state index contributed by atoms with van der Waals surface area (Å²) in [6.07, 6.45) is 5.19. The third kappa shape index (κ3) is 4.42. The molecular formula is C20H25Cl2N3O2. The maximum atomic E-state index is 12.7. The highest BCUT2D eigenvalue weighted by molar-refractivity contribution is 6.44. The van der Waals surface area contributed by atoms with Crippen molar-refractivity contribution in [2.45, 2.75) is 31.8 Å². The number of furan rings is 1. The molecule has 0 spiro atoms. The number of carbonyl (C=O) groups excluding carboxylic acids is 1. The Morgan fingerprint density at radius 3 is 2.59 bits per heavy atom. The van der Waals surface area contributed by atoms with Crippen molar-refractivity contribution in [2.24, 2.45) is 0 Å². The van der Waals surface area contributed by atoms with E-state index in [2.05, 4.69) is 17.3 Å². The Kier molecular flexibility index (Phi) is 6.35. The minimum atomic E-state index is -0.255. The summed E-state index contributed by atoms with van der Waals surface area (Å²) in [5.74, 6) is 0. The molecular weight excluding hydrogens is 385 g/mol. The van der Waals surface area contributed by atoms with Gasteiger partial charge in [0.25, 0.3) is 0 Å². The van der Waals surface area contributed by atoms with Gasteiger partial charge in [-0.3, -0.25) is 0 Å². The molecule has 146 valence electrons. The number of nitrogens with one attached hydrogen (secondary N) is 1. The summed E-state index contributed by atoms with van der Waals surface area (Å²) in [7, 11) is 3.96. The number of likely N-dealkylation sites (tertiary alicyclic amines) is 1. The Labute approximate surface area is 170 Å². The fourth-order valence-corrected chi connectivity index (χ4v) is 4.06. The highest BCUT2D eigenvalue weighted by atomic mass is 35.5. The molecule has 0 bridgehead atoms. The van der Waals surface area contributed by atoms with Crippen molar-refractivity contribution in [1.82, 2.24) is 15.1 Å². The van der Waals surface area contributed by atoms with Gasteiger partial charge >= 0.3 is 6.03 Å². The summed E-state index contributed by atoms with van der Waals surface area (Å²) in [5.41, 5.74) is 2.47. The van der Waals surface area contributed by atoms with Crippen molar-refractivity contribution in [3.8, 4) is 11.1 Å². The quantitative estimate of drug-likeness (QED) is 0.768. The monoisotopic (exact) mass is 409 g/mol. The first-order chi connectivity index (χ1) is 12.9. The van der Waals surface area contributed by atoms with Gasteiger partial charge in [0.2, 0.25) is 0 Å². The summed E-state index contributed by atoms with van der Waals surface area (Å²) in [6.45, 7) is 3.93. The maximum absolute atomic E-state index is 12.7. The van der Waals surface area contributed by atoms with Crippen LogP contribution in [0.5, 0.6) is 0 Å². The van der Waals surface area contributed by atoms with Crippen molar-refractivity contribution < 1.29 is 9.21 Å². The van der Waals surface area contributed by atoms with E-state index in [9.17, 15) is 4.79 Å². The Morgan fingerprint density at radius 2 is 1.96 bits per heavy atom. The predicted octanol–water partition coefficient (Wildman–Crippen LogP) is 5.05. The minimum Gasteiger partial charge on any atom is -0.472 e. The molecule has 2 amide bonds. The summed E-state index contributed by atoms with van der Waals surface area (Å²) in [5, 5.41) is 3.95. The Hall–Kier alpha value is -1.69. The zero-order valence-corrected chi connectivity index (χ0v) is 17.3. The van der Waals surface area contributed by atoms with Crippen LogP contribution in [0.2, 0.25) is 10.0 Å². The highest BCUT2D eigenvalue weighted by Crippen LogP contribution is 2.38. The highest BCUT2D eigenvalue weighted by Gasteiger charge is 2.25. The van der Waals surface area contributed by atoms with Crippen LogP contribution in [0.1, 0.15) is 31.4 Å². The SMILES string of the molecule is CC(NC(=O)N(C)C1CCN(C)CC1)c1ccc(-c2ccoc2)c(Cl)c1Cl. The standard InChI is InChI=1S/C20H25Cl2N3O2/c1-13(23-20(26)25(3)15-6-9-24(2)10-7-15)16-4-5-17(19(22)18(16)21)14-8-11-27-12-14/h4-5,8,11-13,15H,6-7,9-10H2,1-3H3,(H,23,26). The van der Waals surface area contributed by atoms with Crippen molar-refractivity contribution in [3.63, 3.8) is 0 Å². The second kappa shape index (κ2) is 8.55. The smallest absolute Gasteiger partial charge is 0.317 e. The van der Waals surface area contributed by atoms with E-state index in [4.69, 9.17) is 27.6 Å². The minimum absolute atomic E-state index is 0.0943. The Balaban J connectivity index is 1.69. The number of amides is 2. The second-order valence-electron chi connectivity index (χ2n) is 7.16. The van der Waals surface area contributed by atoms with Gasteiger partial charge in [-0.05, 0) is 51.5 Å². The first-order valence-corrected chi connectivity index (χ1v) is 9.86. The normalized spacial score (nSPS) is 16.9. The van der Waals surface area contributed by atoms with Crippen LogP contribution in [0.15, 0.2) is 35.1 Å². The summed E-state index contributed by atoms with van der Waals surface area (Å²) >= 11 is 13.0. The Bertz CT molecular complexity index is 787. The molecule has 0 saturated carbocycles. The molecule has 1 aliphatic heterocycles. The number of rotatable bonds is 4. The van der Waals surface area contributed by atoms with Crippen LogP contribution in [-0.4, -0.2) is 49.1 Å². The van der Waals surface area contributed by atoms with E-state index in [0.29, 0.717) is 10.0 Å². The fourth-order valence-electron chi connectivity index (χ4n) is 3.45. The van der Waals surface area contributed by atoms with Crippen LogP contribution in [-0.2, 0) is 0 Å². The van der Waals surface area contributed by atoms with Gasteiger partial charge in [0.1, 0.15) is 0 Å². The molecule has 5 nitrogen and oxygen atoms in total. The van der Waals surface area contributed by atoms with E-state index in [1.165, 1.54) is 0 Å². The topological polar surface area (TPSA) is 48.7 Å². The number of hydrogen-bond acceptors (Lipinski definition) is 3. The number of hydrogen-bond donors (Lipinski definition) is 1. The molecule has 0 aliphatic carbocycles. The maximum Gasteiger partial charge on any atom is 0.317 e. The number of nitrogens with zero attached hydrogens (tertiary/aromatic N) is 2. The third-order valence-corrected chi connectivity index (χ3v) is 6.20. The molecule has 2 heterocycles. The summed E-state index contributed by atoms with van der Waals surface area (Å²) in [4.78, 5) is 16.8. The lowest BCUT2D eigenvalue weighted by atomic mass is 10.0. The molecule has 1 N–H and O–H groups in total. The summed E-state index contributed by atoms with van der Waals surface area (Å²) < 4.78 is 5.12. The zero-order valence-electron chi connectivity index (χ0n) is 15.8. The molecule has 0 radical (unpaired) electrons. The van der Waals surface area contributed by atoms with Crippen LogP contribution in [0, 0.1) is 0 Å². The first kappa shape index (κ1) is 20.1. The number of carbonyl (C=O) groups is 1.